The summed E-state index contributed by atoms with van der Waals surface area (Å²) in [6.07, 6.45) is 1.87. The van der Waals surface area contributed by atoms with Crippen LogP contribution in [-0.2, 0) is 4.79 Å². The number of nitrogens with one attached hydrogen (secondary N) is 1. The summed E-state index contributed by atoms with van der Waals surface area (Å²) < 4.78 is 11.3. The third-order valence-corrected chi connectivity index (χ3v) is 4.23. The molecule has 2 aromatic rings. The lowest BCUT2D eigenvalue weighted by molar-refractivity contribution is -0.117. The number of hydrogen-bond donors (Lipinski definition) is 1. The second kappa shape index (κ2) is 8.43. The van der Waals surface area contributed by atoms with E-state index >= 15 is 0 Å². The molecule has 0 saturated heterocycles. The molecule has 0 atom stereocenters. The molecule has 0 fully saturated rings. The van der Waals surface area contributed by atoms with Crippen LogP contribution in [0.1, 0.15) is 12.5 Å². The van der Waals surface area contributed by atoms with Crippen LogP contribution >= 0.6 is 0 Å². The highest BCUT2D eigenvalue weighted by molar-refractivity contribution is 5.99. The van der Waals surface area contributed by atoms with Crippen molar-refractivity contribution in [1.29, 1.82) is 0 Å². The summed E-state index contributed by atoms with van der Waals surface area (Å²) in [4.78, 5) is 14.5. The van der Waals surface area contributed by atoms with Crippen molar-refractivity contribution in [2.24, 2.45) is 0 Å². The molecule has 0 spiro atoms. The van der Waals surface area contributed by atoms with Gasteiger partial charge >= 0.3 is 0 Å². The van der Waals surface area contributed by atoms with Crippen molar-refractivity contribution in [3.05, 3.63) is 59.7 Å². The maximum atomic E-state index is 12.4. The average Bonchev–Trinajstić information content (AvgIpc) is 2.68. The van der Waals surface area contributed by atoms with Gasteiger partial charge in [0.2, 0.25) is 0 Å². The smallest absolute Gasteiger partial charge is 0.250 e. The molecule has 5 heteroatoms. The van der Waals surface area contributed by atoms with Crippen molar-refractivity contribution in [3.8, 4) is 11.5 Å². The Morgan fingerprint density at radius 2 is 2.00 bits per heavy atom. The number of para-hydroxylation sites is 2. The summed E-state index contributed by atoms with van der Waals surface area (Å²) >= 11 is 0. The quantitative estimate of drug-likeness (QED) is 0.832. The Kier molecular flexibility index (Phi) is 5.79. The first kappa shape index (κ1) is 17.9. The number of carbonyl (C=O) groups excluding carboxylic acids is 1. The van der Waals surface area contributed by atoms with Crippen LogP contribution in [0.5, 0.6) is 11.5 Å². The van der Waals surface area contributed by atoms with Gasteiger partial charge in [0, 0.05) is 31.4 Å². The highest BCUT2D eigenvalue weighted by atomic mass is 16.5. The molecule has 1 aliphatic rings. The van der Waals surface area contributed by atoms with Gasteiger partial charge in [0.1, 0.15) is 6.61 Å². The van der Waals surface area contributed by atoms with Crippen LogP contribution in [0.3, 0.4) is 0 Å². The summed E-state index contributed by atoms with van der Waals surface area (Å²) in [5.74, 6) is 1.32. The number of fused-ring (bicyclic) bond motifs is 1. The standard InChI is InChI=1S/C21H24N2O3/c1-3-25-19-11-7-8-16-14-17(15-26-20(16)19)21(24)22-12-13-23(2)18-9-5-4-6-10-18/h4-11,14H,3,12-13,15H2,1-2H3,(H,22,24). The van der Waals surface area contributed by atoms with Crippen LogP contribution in [0, 0.1) is 0 Å². The van der Waals surface area contributed by atoms with E-state index in [1.165, 1.54) is 0 Å². The number of anilines is 1. The fourth-order valence-electron chi connectivity index (χ4n) is 2.84. The van der Waals surface area contributed by atoms with Crippen LogP contribution < -0.4 is 19.7 Å². The van der Waals surface area contributed by atoms with Crippen LogP contribution in [0.2, 0.25) is 0 Å². The van der Waals surface area contributed by atoms with Gasteiger partial charge in [-0.15, -0.1) is 0 Å². The summed E-state index contributed by atoms with van der Waals surface area (Å²) in [5.41, 5.74) is 2.61. The topological polar surface area (TPSA) is 50.8 Å². The number of likely N-dealkylation sites (N-methyl/N-ethyl adjacent to an activating group) is 1. The van der Waals surface area contributed by atoms with Crippen molar-refractivity contribution >= 4 is 17.7 Å². The Morgan fingerprint density at radius 3 is 2.77 bits per heavy atom. The number of amides is 1. The van der Waals surface area contributed by atoms with E-state index < -0.39 is 0 Å². The Bertz CT molecular complexity index is 787. The monoisotopic (exact) mass is 352 g/mol. The van der Waals surface area contributed by atoms with Gasteiger partial charge in [-0.3, -0.25) is 4.79 Å². The largest absolute Gasteiger partial charge is 0.490 e. The maximum absolute atomic E-state index is 12.4. The van der Waals surface area contributed by atoms with Crippen LogP contribution in [0.15, 0.2) is 54.1 Å². The van der Waals surface area contributed by atoms with Gasteiger partial charge in [0.05, 0.1) is 12.2 Å². The predicted octanol–water partition coefficient (Wildman–Crippen LogP) is 3.11. The minimum absolute atomic E-state index is 0.0982. The van der Waals surface area contributed by atoms with E-state index in [4.69, 9.17) is 9.47 Å². The van der Waals surface area contributed by atoms with Crippen molar-refractivity contribution < 1.29 is 14.3 Å². The van der Waals surface area contributed by atoms with Gasteiger partial charge in [-0.2, -0.15) is 0 Å². The third-order valence-electron chi connectivity index (χ3n) is 4.23. The lowest BCUT2D eigenvalue weighted by atomic mass is 10.1. The molecule has 0 aromatic heterocycles. The van der Waals surface area contributed by atoms with Gasteiger partial charge in [0.15, 0.2) is 11.5 Å². The molecule has 0 saturated carbocycles. The molecular formula is C21H24N2O3. The molecule has 1 aliphatic heterocycles. The van der Waals surface area contributed by atoms with Crippen molar-refractivity contribution in [3.63, 3.8) is 0 Å². The zero-order valence-corrected chi connectivity index (χ0v) is 15.2. The molecule has 3 rings (SSSR count). The first-order valence-electron chi connectivity index (χ1n) is 8.82. The normalized spacial score (nSPS) is 12.5. The lowest BCUT2D eigenvalue weighted by Crippen LogP contribution is -2.35. The molecule has 1 heterocycles. The summed E-state index contributed by atoms with van der Waals surface area (Å²) in [6.45, 7) is 4.05. The Morgan fingerprint density at radius 1 is 1.19 bits per heavy atom. The predicted molar refractivity (Wildman–Crippen MR) is 104 cm³/mol. The minimum atomic E-state index is -0.0982. The number of benzene rings is 2. The molecule has 5 nitrogen and oxygen atoms in total. The molecule has 0 bridgehead atoms. The van der Waals surface area contributed by atoms with E-state index in [0.717, 1.165) is 17.8 Å². The summed E-state index contributed by atoms with van der Waals surface area (Å²) in [7, 11) is 2.01. The zero-order chi connectivity index (χ0) is 18.4. The van der Waals surface area contributed by atoms with Gasteiger partial charge in [0.25, 0.3) is 5.91 Å². The number of ether oxygens (including phenoxy) is 2. The van der Waals surface area contributed by atoms with Crippen LogP contribution in [0.25, 0.3) is 6.08 Å². The molecular weight excluding hydrogens is 328 g/mol. The third kappa shape index (κ3) is 4.17. The fourth-order valence-corrected chi connectivity index (χ4v) is 2.84. The fraction of sp³-hybridized carbons (Fsp3) is 0.286. The molecule has 0 aliphatic carbocycles. The first-order chi connectivity index (χ1) is 12.7. The van der Waals surface area contributed by atoms with E-state index in [0.29, 0.717) is 30.2 Å². The molecule has 0 unspecified atom stereocenters. The lowest BCUT2D eigenvalue weighted by Gasteiger charge is -2.21. The Balaban J connectivity index is 1.58. The summed E-state index contributed by atoms with van der Waals surface area (Å²) in [6, 6.07) is 15.8. The van der Waals surface area contributed by atoms with Gasteiger partial charge < -0.3 is 19.7 Å². The molecule has 1 N–H and O–H groups in total. The number of nitrogens with zero attached hydrogens (tertiary/aromatic N) is 1. The molecule has 136 valence electrons. The second-order valence-corrected chi connectivity index (χ2v) is 6.08. The van der Waals surface area contributed by atoms with Crippen molar-refractivity contribution in [2.45, 2.75) is 6.92 Å². The van der Waals surface area contributed by atoms with Crippen molar-refractivity contribution in [1.82, 2.24) is 5.32 Å². The number of hydrogen-bond acceptors (Lipinski definition) is 4. The number of carbonyl (C=O) groups is 1. The highest BCUT2D eigenvalue weighted by Crippen LogP contribution is 2.35. The zero-order valence-electron chi connectivity index (χ0n) is 15.2. The van der Waals surface area contributed by atoms with Crippen LogP contribution in [-0.4, -0.2) is 39.3 Å². The Hall–Kier alpha value is -2.95. The van der Waals surface area contributed by atoms with E-state index in [2.05, 4.69) is 10.2 Å². The van der Waals surface area contributed by atoms with E-state index in [9.17, 15) is 4.79 Å². The van der Waals surface area contributed by atoms with Crippen LogP contribution in [0.4, 0.5) is 5.69 Å². The Labute approximate surface area is 154 Å². The SMILES string of the molecule is CCOc1cccc2c1OCC(C(=O)NCCN(C)c1ccccc1)=C2. The molecule has 2 aromatic carbocycles. The molecule has 0 radical (unpaired) electrons. The van der Waals surface area contributed by atoms with E-state index in [1.807, 2.05) is 68.6 Å². The minimum Gasteiger partial charge on any atom is -0.490 e. The molecule has 26 heavy (non-hydrogen) atoms. The van der Waals surface area contributed by atoms with E-state index in [-0.39, 0.29) is 12.5 Å². The van der Waals surface area contributed by atoms with Gasteiger partial charge in [-0.25, -0.2) is 0 Å². The van der Waals surface area contributed by atoms with Gasteiger partial charge in [-0.1, -0.05) is 30.3 Å². The first-order valence-corrected chi connectivity index (χ1v) is 8.82. The van der Waals surface area contributed by atoms with Gasteiger partial charge in [-0.05, 0) is 31.2 Å². The second-order valence-electron chi connectivity index (χ2n) is 6.08. The summed E-state index contributed by atoms with van der Waals surface area (Å²) in [5, 5.41) is 2.96. The average molecular weight is 352 g/mol. The number of rotatable bonds is 7. The molecule has 1 amide bonds. The van der Waals surface area contributed by atoms with Crippen molar-refractivity contribution in [2.75, 3.05) is 38.3 Å². The highest BCUT2D eigenvalue weighted by Gasteiger charge is 2.20. The van der Waals surface area contributed by atoms with E-state index in [1.54, 1.807) is 0 Å². The maximum Gasteiger partial charge on any atom is 0.250 e.